The van der Waals surface area contributed by atoms with E-state index in [0.717, 1.165) is 0 Å². The van der Waals surface area contributed by atoms with Crippen LogP contribution in [0.3, 0.4) is 0 Å². The molecule has 0 bridgehead atoms. The van der Waals surface area contributed by atoms with Gasteiger partial charge in [0.1, 0.15) is 16.9 Å². The van der Waals surface area contributed by atoms with Crippen LogP contribution in [0.15, 0.2) is 36.9 Å². The molecular formula is C28H30BClF6N6O2. The molecule has 0 atom stereocenters. The van der Waals surface area contributed by atoms with Crippen LogP contribution in [0.4, 0.5) is 26.3 Å². The van der Waals surface area contributed by atoms with Crippen LogP contribution in [0.5, 0.6) is 0 Å². The zero-order valence-corrected chi connectivity index (χ0v) is 25.2. The van der Waals surface area contributed by atoms with Gasteiger partial charge in [-0.15, -0.1) is 0 Å². The van der Waals surface area contributed by atoms with E-state index in [1.165, 1.54) is 34.0 Å². The zero-order chi connectivity index (χ0) is 32.3. The van der Waals surface area contributed by atoms with Crippen molar-refractivity contribution in [3.8, 4) is 17.2 Å². The maximum Gasteiger partial charge on any atom is 0.498 e. The zero-order valence-electron chi connectivity index (χ0n) is 24.4. The van der Waals surface area contributed by atoms with Gasteiger partial charge in [0.05, 0.1) is 41.3 Å². The highest BCUT2D eigenvalue weighted by Gasteiger charge is 2.64. The second-order valence-corrected chi connectivity index (χ2v) is 13.0. The van der Waals surface area contributed by atoms with Gasteiger partial charge in [0.15, 0.2) is 0 Å². The summed E-state index contributed by atoms with van der Waals surface area (Å²) < 4.78 is 92.3. The number of hydrogen-bond acceptors (Lipinski definition) is 6. The highest BCUT2D eigenvalue weighted by Crippen LogP contribution is 2.59. The molecule has 0 amide bonds. The lowest BCUT2D eigenvalue weighted by atomic mass is 9.82. The Balaban J connectivity index is 0.000000175. The van der Waals surface area contributed by atoms with Crippen molar-refractivity contribution in [3.05, 3.63) is 47.8 Å². The molecule has 0 N–H and O–H groups in total. The molecule has 0 spiro atoms. The third kappa shape index (κ3) is 6.21. The molecule has 3 aromatic heterocycles. The van der Waals surface area contributed by atoms with Crippen LogP contribution in [0.1, 0.15) is 59.1 Å². The minimum atomic E-state index is -4.22. The Morgan fingerprint density at radius 3 is 1.82 bits per heavy atom. The summed E-state index contributed by atoms with van der Waals surface area (Å²) in [6, 6.07) is 4.97. The summed E-state index contributed by atoms with van der Waals surface area (Å²) in [4.78, 5) is 3.89. The summed E-state index contributed by atoms with van der Waals surface area (Å²) in [5.74, 6) is 0. The molecule has 3 fully saturated rings. The fraction of sp³-hybridized carbons (Fsp3) is 0.571. The van der Waals surface area contributed by atoms with Gasteiger partial charge >= 0.3 is 19.5 Å². The van der Waals surface area contributed by atoms with Crippen molar-refractivity contribution >= 4 is 24.2 Å². The predicted molar refractivity (Wildman–Crippen MR) is 149 cm³/mol. The van der Waals surface area contributed by atoms with E-state index in [0.29, 0.717) is 16.6 Å². The third-order valence-corrected chi connectivity index (χ3v) is 9.21. The fourth-order valence-corrected chi connectivity index (χ4v) is 5.12. The predicted octanol–water partition coefficient (Wildman–Crippen LogP) is 6.34. The fourth-order valence-electron chi connectivity index (χ4n) is 4.85. The number of nitrogens with zero attached hydrogens (tertiary/aromatic N) is 6. The van der Waals surface area contributed by atoms with Crippen molar-refractivity contribution in [3.63, 3.8) is 0 Å². The maximum atomic E-state index is 13.0. The quantitative estimate of drug-likeness (QED) is 0.177. The van der Waals surface area contributed by atoms with Gasteiger partial charge in [-0.2, -0.15) is 41.8 Å². The second-order valence-electron chi connectivity index (χ2n) is 12.7. The van der Waals surface area contributed by atoms with E-state index >= 15 is 0 Å². The normalized spacial score (nSPS) is 20.9. The molecule has 0 aromatic carbocycles. The molecule has 8 nitrogen and oxygen atoms in total. The molecule has 2 aliphatic carbocycles. The SMILES string of the molecule is CC1(C)OB(c2cnn(CC3(C(F)(F)F)CC3)c2)OC1(C)C.N#Cc1ccc(-c2cnn(CC3(C(F)(F)F)CC3)c2)c(Cl)n1. The van der Waals surface area contributed by atoms with Crippen LogP contribution in [-0.4, -0.2) is 55.2 Å². The van der Waals surface area contributed by atoms with Crippen LogP contribution >= 0.6 is 11.6 Å². The van der Waals surface area contributed by atoms with Crippen LogP contribution in [0.25, 0.3) is 11.1 Å². The Bertz CT molecular complexity index is 1550. The van der Waals surface area contributed by atoms with Gasteiger partial charge < -0.3 is 9.31 Å². The van der Waals surface area contributed by atoms with Gasteiger partial charge in [-0.3, -0.25) is 9.36 Å². The van der Waals surface area contributed by atoms with E-state index in [1.54, 1.807) is 12.3 Å². The number of aromatic nitrogens is 5. The summed E-state index contributed by atoms with van der Waals surface area (Å²) >= 11 is 5.99. The molecule has 4 heterocycles. The average molecular weight is 643 g/mol. The van der Waals surface area contributed by atoms with Gasteiger partial charge in [-0.1, -0.05) is 11.6 Å². The largest absolute Gasteiger partial charge is 0.498 e. The number of alkyl halides is 6. The Kier molecular flexibility index (Phi) is 7.91. The Morgan fingerprint density at radius 2 is 1.36 bits per heavy atom. The van der Waals surface area contributed by atoms with Crippen molar-refractivity contribution in [2.24, 2.45) is 10.8 Å². The van der Waals surface area contributed by atoms with E-state index in [9.17, 15) is 26.3 Å². The minimum Gasteiger partial charge on any atom is -0.399 e. The van der Waals surface area contributed by atoms with E-state index in [1.807, 2.05) is 33.8 Å². The third-order valence-electron chi connectivity index (χ3n) is 8.93. The molecule has 1 aliphatic heterocycles. The van der Waals surface area contributed by atoms with Crippen molar-refractivity contribution in [1.82, 2.24) is 24.5 Å². The molecule has 236 valence electrons. The smallest absolute Gasteiger partial charge is 0.399 e. The molecule has 0 unspecified atom stereocenters. The molecule has 1 saturated heterocycles. The van der Waals surface area contributed by atoms with Crippen molar-refractivity contribution in [2.45, 2.75) is 90.0 Å². The lowest BCUT2D eigenvalue weighted by molar-refractivity contribution is -0.192. The number of rotatable bonds is 6. The number of hydrogen-bond donors (Lipinski definition) is 0. The maximum absolute atomic E-state index is 13.0. The van der Waals surface area contributed by atoms with Crippen molar-refractivity contribution in [1.29, 1.82) is 5.26 Å². The number of nitriles is 1. The molecule has 16 heteroatoms. The first-order valence-corrected chi connectivity index (χ1v) is 14.3. The topological polar surface area (TPSA) is 90.8 Å². The van der Waals surface area contributed by atoms with Gasteiger partial charge in [0.25, 0.3) is 0 Å². The molecule has 6 rings (SSSR count). The molecule has 3 aliphatic rings. The molecule has 44 heavy (non-hydrogen) atoms. The van der Waals surface area contributed by atoms with E-state index < -0.39 is 41.5 Å². The van der Waals surface area contributed by atoms with Crippen LogP contribution in [-0.2, 0) is 22.4 Å². The Hall–Kier alpha value is -3.09. The standard InChI is InChI=1S/C14H20BF3N2O2.C14H10ClF3N4/c1-11(2)12(3,4)22-15(21-11)10-7-19-20(8-10)9-13(5-6-13)14(16,17)18;15-12-11(2-1-10(5-19)21-12)9-6-20-22(7-9)8-13(3-4-13)14(16,17)18/h7-8H,5-6,9H2,1-4H3;1-2,6-7H,3-4,8H2. The summed E-state index contributed by atoms with van der Waals surface area (Å²) in [6.07, 6.45) is -1.72. The van der Waals surface area contributed by atoms with Crippen LogP contribution < -0.4 is 5.46 Å². The lowest BCUT2D eigenvalue weighted by Crippen LogP contribution is -2.41. The molecule has 0 radical (unpaired) electrons. The first-order valence-electron chi connectivity index (χ1n) is 13.9. The van der Waals surface area contributed by atoms with Crippen LogP contribution in [0.2, 0.25) is 5.15 Å². The molecular weight excluding hydrogens is 613 g/mol. The summed E-state index contributed by atoms with van der Waals surface area (Å²) in [7, 11) is -0.597. The Labute approximate surface area is 255 Å². The van der Waals surface area contributed by atoms with Crippen molar-refractivity contribution in [2.75, 3.05) is 0 Å². The van der Waals surface area contributed by atoms with Gasteiger partial charge in [-0.05, 0) is 65.5 Å². The Morgan fingerprint density at radius 1 is 0.864 bits per heavy atom. The van der Waals surface area contributed by atoms with Crippen LogP contribution in [0, 0.1) is 22.2 Å². The van der Waals surface area contributed by atoms with E-state index in [2.05, 4.69) is 15.2 Å². The van der Waals surface area contributed by atoms with Crippen molar-refractivity contribution < 1.29 is 35.7 Å². The molecule has 2 saturated carbocycles. The first-order chi connectivity index (χ1) is 20.3. The number of pyridine rings is 1. The highest BCUT2D eigenvalue weighted by molar-refractivity contribution is 6.62. The molecule has 3 aromatic rings. The lowest BCUT2D eigenvalue weighted by Gasteiger charge is -2.32. The van der Waals surface area contributed by atoms with Gasteiger partial charge in [0, 0.05) is 35.2 Å². The summed E-state index contributed by atoms with van der Waals surface area (Å²) in [6.45, 7) is 7.38. The van der Waals surface area contributed by atoms with Gasteiger partial charge in [0.2, 0.25) is 0 Å². The summed E-state index contributed by atoms with van der Waals surface area (Å²) in [5.41, 5.74) is -2.29. The summed E-state index contributed by atoms with van der Waals surface area (Å²) in [5, 5.41) is 16.9. The monoisotopic (exact) mass is 642 g/mol. The van der Waals surface area contributed by atoms with E-state index in [4.69, 9.17) is 26.2 Å². The number of halogens is 7. The van der Waals surface area contributed by atoms with Gasteiger partial charge in [-0.25, -0.2) is 4.98 Å². The first kappa shape index (κ1) is 32.3. The highest BCUT2D eigenvalue weighted by atomic mass is 35.5. The average Bonchev–Trinajstić information content (AvgIpc) is 3.75. The minimum absolute atomic E-state index is 0.121. The van der Waals surface area contributed by atoms with E-state index in [-0.39, 0.29) is 49.6 Å². The second kappa shape index (κ2) is 10.8.